The molecule has 0 spiro atoms. The quantitative estimate of drug-likeness (QED) is 0.795. The number of imidazole rings is 1. The van der Waals surface area contributed by atoms with Gasteiger partial charge in [0.15, 0.2) is 0 Å². The Bertz CT molecular complexity index is 454. The van der Waals surface area contributed by atoms with Crippen molar-refractivity contribution in [2.75, 3.05) is 0 Å². The largest absolute Gasteiger partial charge is 0.456 e. The van der Waals surface area contributed by atoms with E-state index in [-0.39, 0.29) is 5.92 Å². The van der Waals surface area contributed by atoms with E-state index in [0.717, 1.165) is 0 Å². The van der Waals surface area contributed by atoms with Crippen LogP contribution in [0.5, 0.6) is 5.75 Å². The van der Waals surface area contributed by atoms with Gasteiger partial charge in [-0.25, -0.2) is 4.98 Å². The number of hydrogen-bond acceptors (Lipinski definition) is 3. The van der Waals surface area contributed by atoms with Crippen molar-refractivity contribution in [1.29, 1.82) is 0 Å². The predicted octanol–water partition coefficient (Wildman–Crippen LogP) is 2.29. The molecule has 0 saturated heterocycles. The number of aromatic amines is 1. The van der Waals surface area contributed by atoms with Gasteiger partial charge in [-0.3, -0.25) is 0 Å². The molecule has 1 aromatic carbocycles. The van der Waals surface area contributed by atoms with Gasteiger partial charge in [-0.05, 0) is 12.1 Å². The lowest BCUT2D eigenvalue weighted by atomic mass is 10.00. The van der Waals surface area contributed by atoms with Crippen LogP contribution in [0.2, 0.25) is 0 Å². The second-order valence-electron chi connectivity index (χ2n) is 4.23. The SMILES string of the molecule is CC(C)C(O)(Oc1ccccc1)c1cnc[nH]1. The third kappa shape index (κ3) is 2.31. The Labute approximate surface area is 100 Å². The normalized spacial score (nSPS) is 14.6. The summed E-state index contributed by atoms with van der Waals surface area (Å²) in [5.41, 5.74) is 0.552. The molecule has 0 aliphatic heterocycles. The van der Waals surface area contributed by atoms with Gasteiger partial charge >= 0.3 is 0 Å². The Hall–Kier alpha value is -1.81. The molecule has 2 N–H and O–H groups in total. The number of H-pyrrole nitrogens is 1. The summed E-state index contributed by atoms with van der Waals surface area (Å²) in [5.74, 6) is -0.876. The molecule has 17 heavy (non-hydrogen) atoms. The molecule has 2 aromatic rings. The maximum absolute atomic E-state index is 10.6. The molecule has 1 unspecified atom stereocenters. The van der Waals surface area contributed by atoms with Crippen molar-refractivity contribution in [1.82, 2.24) is 9.97 Å². The topological polar surface area (TPSA) is 58.1 Å². The summed E-state index contributed by atoms with van der Waals surface area (Å²) in [6, 6.07) is 9.25. The first kappa shape index (κ1) is 11.7. The van der Waals surface area contributed by atoms with Crippen molar-refractivity contribution in [3.05, 3.63) is 48.5 Å². The third-order valence-electron chi connectivity index (χ3n) is 2.68. The predicted molar refractivity (Wildman–Crippen MR) is 64.4 cm³/mol. The van der Waals surface area contributed by atoms with Gasteiger partial charge < -0.3 is 14.8 Å². The van der Waals surface area contributed by atoms with Crippen LogP contribution in [0.15, 0.2) is 42.9 Å². The summed E-state index contributed by atoms with van der Waals surface area (Å²) in [7, 11) is 0. The van der Waals surface area contributed by atoms with Crippen molar-refractivity contribution in [2.24, 2.45) is 5.92 Å². The first-order valence-electron chi connectivity index (χ1n) is 5.58. The molecule has 1 aromatic heterocycles. The zero-order chi connectivity index (χ0) is 12.3. The Morgan fingerprint density at radius 2 is 2.00 bits per heavy atom. The fourth-order valence-electron chi connectivity index (χ4n) is 1.60. The van der Waals surface area contributed by atoms with Crippen LogP contribution in [0, 0.1) is 5.92 Å². The van der Waals surface area contributed by atoms with Gasteiger partial charge in [0.25, 0.3) is 5.79 Å². The highest BCUT2D eigenvalue weighted by Gasteiger charge is 2.37. The van der Waals surface area contributed by atoms with Gasteiger partial charge in [0, 0.05) is 5.92 Å². The molecular formula is C13H16N2O2. The van der Waals surface area contributed by atoms with Crippen molar-refractivity contribution in [2.45, 2.75) is 19.6 Å². The number of hydrogen-bond donors (Lipinski definition) is 2. The molecule has 0 fully saturated rings. The average molecular weight is 232 g/mol. The van der Waals surface area contributed by atoms with Crippen LogP contribution in [-0.4, -0.2) is 15.1 Å². The van der Waals surface area contributed by atoms with Crippen molar-refractivity contribution in [3.63, 3.8) is 0 Å². The summed E-state index contributed by atoms with van der Waals surface area (Å²) in [5, 5.41) is 10.6. The Morgan fingerprint density at radius 3 is 2.53 bits per heavy atom. The number of benzene rings is 1. The van der Waals surface area contributed by atoms with E-state index < -0.39 is 5.79 Å². The van der Waals surface area contributed by atoms with Crippen LogP contribution >= 0.6 is 0 Å². The minimum atomic E-state index is -1.39. The summed E-state index contributed by atoms with van der Waals surface area (Å²) in [4.78, 5) is 6.81. The lowest BCUT2D eigenvalue weighted by molar-refractivity contribution is -0.182. The van der Waals surface area contributed by atoms with Crippen molar-refractivity contribution >= 4 is 0 Å². The van der Waals surface area contributed by atoms with Crippen molar-refractivity contribution in [3.8, 4) is 5.75 Å². The molecule has 0 saturated carbocycles. The lowest BCUT2D eigenvalue weighted by Crippen LogP contribution is -2.38. The molecule has 0 radical (unpaired) electrons. The average Bonchev–Trinajstić information content (AvgIpc) is 2.84. The van der Waals surface area contributed by atoms with Crippen LogP contribution in [-0.2, 0) is 5.79 Å². The number of ether oxygens (including phenoxy) is 1. The molecular weight excluding hydrogens is 216 g/mol. The van der Waals surface area contributed by atoms with Crippen LogP contribution in [0.25, 0.3) is 0 Å². The molecule has 0 aliphatic carbocycles. The first-order valence-corrected chi connectivity index (χ1v) is 5.58. The molecule has 4 nitrogen and oxygen atoms in total. The van der Waals surface area contributed by atoms with E-state index in [1.54, 1.807) is 6.20 Å². The highest BCUT2D eigenvalue weighted by Crippen LogP contribution is 2.31. The molecule has 90 valence electrons. The van der Waals surface area contributed by atoms with E-state index in [2.05, 4.69) is 9.97 Å². The summed E-state index contributed by atoms with van der Waals surface area (Å²) in [6.45, 7) is 3.79. The smallest absolute Gasteiger partial charge is 0.253 e. The second-order valence-corrected chi connectivity index (χ2v) is 4.23. The molecule has 0 aliphatic rings. The van der Waals surface area contributed by atoms with E-state index in [9.17, 15) is 5.11 Å². The lowest BCUT2D eigenvalue weighted by Gasteiger charge is -2.31. The van der Waals surface area contributed by atoms with Gasteiger partial charge in [-0.1, -0.05) is 32.0 Å². The Kier molecular flexibility index (Phi) is 3.15. The van der Waals surface area contributed by atoms with Gasteiger partial charge in [0.05, 0.1) is 12.5 Å². The Morgan fingerprint density at radius 1 is 1.29 bits per heavy atom. The first-order chi connectivity index (χ1) is 8.13. The van der Waals surface area contributed by atoms with E-state index in [0.29, 0.717) is 11.4 Å². The van der Waals surface area contributed by atoms with Crippen LogP contribution in [0.1, 0.15) is 19.5 Å². The van der Waals surface area contributed by atoms with E-state index in [4.69, 9.17) is 4.74 Å². The molecule has 2 rings (SSSR count). The summed E-state index contributed by atoms with van der Waals surface area (Å²) < 4.78 is 5.69. The fourth-order valence-corrected chi connectivity index (χ4v) is 1.60. The maximum atomic E-state index is 10.6. The molecule has 1 atom stereocenters. The number of nitrogens with zero attached hydrogens (tertiary/aromatic N) is 1. The molecule has 0 bridgehead atoms. The molecule has 0 amide bonds. The number of aliphatic hydroxyl groups is 1. The Balaban J connectivity index is 2.30. The van der Waals surface area contributed by atoms with E-state index in [1.165, 1.54) is 6.33 Å². The summed E-state index contributed by atoms with van der Waals surface area (Å²) >= 11 is 0. The number of para-hydroxylation sites is 1. The van der Waals surface area contributed by atoms with Crippen LogP contribution < -0.4 is 4.74 Å². The highest BCUT2D eigenvalue weighted by molar-refractivity contribution is 5.23. The molecule has 4 heteroatoms. The van der Waals surface area contributed by atoms with E-state index >= 15 is 0 Å². The standard InChI is InChI=1S/C13H16N2O2/c1-10(2)13(16,12-8-14-9-15-12)17-11-6-4-3-5-7-11/h3-10,16H,1-2H3,(H,14,15). The second kappa shape index (κ2) is 4.59. The third-order valence-corrected chi connectivity index (χ3v) is 2.68. The minimum absolute atomic E-state index is 0.108. The van der Waals surface area contributed by atoms with Crippen LogP contribution in [0.4, 0.5) is 0 Å². The zero-order valence-corrected chi connectivity index (χ0v) is 9.92. The summed E-state index contributed by atoms with van der Waals surface area (Å²) in [6.07, 6.45) is 3.10. The van der Waals surface area contributed by atoms with Gasteiger partial charge in [0.2, 0.25) is 0 Å². The number of nitrogens with one attached hydrogen (secondary N) is 1. The zero-order valence-electron chi connectivity index (χ0n) is 9.92. The maximum Gasteiger partial charge on any atom is 0.253 e. The van der Waals surface area contributed by atoms with Crippen LogP contribution in [0.3, 0.4) is 0 Å². The number of rotatable bonds is 4. The van der Waals surface area contributed by atoms with Gasteiger partial charge in [-0.2, -0.15) is 0 Å². The minimum Gasteiger partial charge on any atom is -0.456 e. The van der Waals surface area contributed by atoms with Crippen molar-refractivity contribution < 1.29 is 9.84 Å². The monoisotopic (exact) mass is 232 g/mol. The van der Waals surface area contributed by atoms with Gasteiger partial charge in [0.1, 0.15) is 11.4 Å². The van der Waals surface area contributed by atoms with E-state index in [1.807, 2.05) is 44.2 Å². The fraction of sp³-hybridized carbons (Fsp3) is 0.308. The molecule has 1 heterocycles. The number of aromatic nitrogens is 2. The highest BCUT2D eigenvalue weighted by atomic mass is 16.6. The van der Waals surface area contributed by atoms with Gasteiger partial charge in [-0.15, -0.1) is 0 Å².